The van der Waals surface area contributed by atoms with Gasteiger partial charge in [-0.15, -0.1) is 0 Å². The van der Waals surface area contributed by atoms with Gasteiger partial charge in [0.15, 0.2) is 5.65 Å². The second kappa shape index (κ2) is 4.36. The van der Waals surface area contributed by atoms with Crippen molar-refractivity contribution in [3.63, 3.8) is 0 Å². The minimum atomic E-state index is -0.722. The number of fused-ring (bicyclic) bond motifs is 1. The summed E-state index contributed by atoms with van der Waals surface area (Å²) < 4.78 is 6.34. The van der Waals surface area contributed by atoms with Crippen molar-refractivity contribution in [3.8, 4) is 0 Å². The normalized spacial score (nSPS) is 10.7. The van der Waals surface area contributed by atoms with E-state index in [1.807, 2.05) is 6.92 Å². The molecule has 0 fully saturated rings. The summed E-state index contributed by atoms with van der Waals surface area (Å²) in [5.74, 6) is -0.722. The molecule has 0 saturated heterocycles. The second-order valence-corrected chi connectivity index (χ2v) is 3.33. The number of ether oxygens (including phenoxy) is 1. The van der Waals surface area contributed by atoms with Crippen LogP contribution in [0, 0.1) is 0 Å². The maximum atomic E-state index is 11.7. The van der Waals surface area contributed by atoms with Gasteiger partial charge in [-0.3, -0.25) is 4.79 Å². The molecule has 2 aromatic heterocycles. The number of carbonyl (C=O) groups is 1. The van der Waals surface area contributed by atoms with Crippen molar-refractivity contribution in [1.82, 2.24) is 19.7 Å². The first kappa shape index (κ1) is 11.3. The number of nitrogens with zero attached hydrogens (tertiary/aromatic N) is 3. The number of carbonyl (C=O) groups excluding carboxylic acids is 1. The average Bonchev–Trinajstić information content (AvgIpc) is 2.70. The monoisotopic (exact) mass is 236 g/mol. The molecule has 0 aromatic carbocycles. The molecular weight excluding hydrogens is 224 g/mol. The molecule has 7 nitrogen and oxygen atoms in total. The molecule has 0 spiro atoms. The van der Waals surface area contributed by atoms with E-state index in [1.165, 1.54) is 6.20 Å². The Labute approximate surface area is 96.4 Å². The minimum absolute atomic E-state index is 0.201. The third-order valence-corrected chi connectivity index (χ3v) is 2.27. The van der Waals surface area contributed by atoms with Gasteiger partial charge in [-0.05, 0) is 13.8 Å². The van der Waals surface area contributed by atoms with Crippen molar-refractivity contribution in [3.05, 3.63) is 22.2 Å². The van der Waals surface area contributed by atoms with Crippen LogP contribution in [0.2, 0.25) is 0 Å². The smallest absolute Gasteiger partial charge is 0.362 e. The zero-order valence-corrected chi connectivity index (χ0v) is 9.56. The lowest BCUT2D eigenvalue weighted by molar-refractivity contribution is 0.0517. The number of hydrogen-bond donors (Lipinski definition) is 1. The molecule has 0 bridgehead atoms. The number of rotatable bonds is 3. The first-order valence-electron chi connectivity index (χ1n) is 5.30. The molecule has 0 saturated carbocycles. The summed E-state index contributed by atoms with van der Waals surface area (Å²) >= 11 is 0. The van der Waals surface area contributed by atoms with Gasteiger partial charge in [0.2, 0.25) is 5.69 Å². The molecule has 2 heterocycles. The van der Waals surface area contributed by atoms with Gasteiger partial charge in [-0.1, -0.05) is 0 Å². The third-order valence-electron chi connectivity index (χ3n) is 2.27. The first-order chi connectivity index (χ1) is 8.17. The van der Waals surface area contributed by atoms with Gasteiger partial charge >= 0.3 is 5.97 Å². The van der Waals surface area contributed by atoms with Crippen LogP contribution in [0.25, 0.3) is 11.2 Å². The van der Waals surface area contributed by atoms with Crippen molar-refractivity contribution >= 4 is 17.1 Å². The van der Waals surface area contributed by atoms with E-state index in [1.54, 1.807) is 11.6 Å². The Kier molecular flexibility index (Phi) is 2.90. The van der Waals surface area contributed by atoms with Crippen LogP contribution in [-0.4, -0.2) is 32.3 Å². The van der Waals surface area contributed by atoms with Crippen molar-refractivity contribution in [2.75, 3.05) is 6.61 Å². The Bertz CT molecular complexity index is 614. The van der Waals surface area contributed by atoms with Crippen LogP contribution in [0.4, 0.5) is 0 Å². The molecule has 0 amide bonds. The summed E-state index contributed by atoms with van der Waals surface area (Å²) in [6.07, 6.45) is 1.50. The first-order valence-corrected chi connectivity index (χ1v) is 5.30. The predicted octanol–water partition coefficient (Wildman–Crippen LogP) is 0.316. The Hall–Kier alpha value is -2.18. The average molecular weight is 236 g/mol. The maximum Gasteiger partial charge on any atom is 0.362 e. The van der Waals surface area contributed by atoms with Gasteiger partial charge < -0.3 is 9.72 Å². The zero-order valence-electron chi connectivity index (χ0n) is 9.56. The molecule has 1 N–H and O–H groups in total. The fraction of sp³-hybridized carbons (Fsp3) is 0.400. The lowest BCUT2D eigenvalue weighted by Crippen LogP contribution is -2.22. The summed E-state index contributed by atoms with van der Waals surface area (Å²) in [6.45, 7) is 4.37. The van der Waals surface area contributed by atoms with E-state index in [2.05, 4.69) is 15.1 Å². The highest BCUT2D eigenvalue weighted by molar-refractivity contribution is 5.88. The molecule has 0 aliphatic carbocycles. The number of aromatic nitrogens is 4. The predicted molar refractivity (Wildman–Crippen MR) is 59.8 cm³/mol. The largest absolute Gasteiger partial charge is 0.461 e. The van der Waals surface area contributed by atoms with Gasteiger partial charge in [-0.2, -0.15) is 5.10 Å². The van der Waals surface area contributed by atoms with E-state index in [0.717, 1.165) is 0 Å². The van der Waals surface area contributed by atoms with Gasteiger partial charge in [0.05, 0.1) is 12.8 Å². The molecule has 0 radical (unpaired) electrons. The van der Waals surface area contributed by atoms with Crippen molar-refractivity contribution in [2.24, 2.45) is 0 Å². The van der Waals surface area contributed by atoms with Crippen LogP contribution in [0.15, 0.2) is 11.0 Å². The van der Waals surface area contributed by atoms with E-state index in [0.29, 0.717) is 17.7 Å². The molecule has 0 aliphatic rings. The van der Waals surface area contributed by atoms with Crippen LogP contribution in [0.3, 0.4) is 0 Å². The van der Waals surface area contributed by atoms with Gasteiger partial charge in [0.1, 0.15) is 5.52 Å². The summed E-state index contributed by atoms with van der Waals surface area (Å²) in [5.41, 5.74) is 0.168. The topological polar surface area (TPSA) is 89.9 Å². The Balaban J connectivity index is 2.57. The zero-order chi connectivity index (χ0) is 12.4. The molecule has 17 heavy (non-hydrogen) atoms. The number of aryl methyl sites for hydroxylation is 1. The quantitative estimate of drug-likeness (QED) is 0.775. The standard InChI is InChI=1S/C10H12N4O3/c1-3-14-8-6(5-11-14)12-7(9(15)13-8)10(16)17-4-2/h5H,3-4H2,1-2H3,(H,13,15). The molecule has 7 heteroatoms. The van der Waals surface area contributed by atoms with Gasteiger partial charge in [0.25, 0.3) is 5.56 Å². The highest BCUT2D eigenvalue weighted by Gasteiger charge is 2.16. The highest BCUT2D eigenvalue weighted by atomic mass is 16.5. The number of H-pyrrole nitrogens is 1. The van der Waals surface area contributed by atoms with Crippen LogP contribution in [-0.2, 0) is 11.3 Å². The summed E-state index contributed by atoms with van der Waals surface area (Å²) in [5, 5.41) is 4.03. The van der Waals surface area contributed by atoms with Crippen molar-refractivity contribution < 1.29 is 9.53 Å². The Morgan fingerprint density at radius 2 is 2.29 bits per heavy atom. The molecular formula is C10H12N4O3. The fourth-order valence-electron chi connectivity index (χ4n) is 1.50. The SMILES string of the molecule is CCOC(=O)c1nc2cnn(CC)c2[nH]c1=O. The number of nitrogens with one attached hydrogen (secondary N) is 1. The summed E-state index contributed by atoms with van der Waals surface area (Å²) in [4.78, 5) is 29.6. The Morgan fingerprint density at radius 3 is 2.94 bits per heavy atom. The van der Waals surface area contributed by atoms with Gasteiger partial charge in [-0.25, -0.2) is 14.5 Å². The van der Waals surface area contributed by atoms with Crippen LogP contribution in [0.1, 0.15) is 24.3 Å². The highest BCUT2D eigenvalue weighted by Crippen LogP contribution is 2.06. The number of esters is 1. The van der Waals surface area contributed by atoms with Crippen LogP contribution < -0.4 is 5.56 Å². The van der Waals surface area contributed by atoms with Crippen molar-refractivity contribution in [1.29, 1.82) is 0 Å². The van der Waals surface area contributed by atoms with E-state index in [4.69, 9.17) is 4.74 Å². The summed E-state index contributed by atoms with van der Waals surface area (Å²) in [6, 6.07) is 0. The van der Waals surface area contributed by atoms with Crippen LogP contribution >= 0.6 is 0 Å². The molecule has 0 aliphatic heterocycles. The van der Waals surface area contributed by atoms with E-state index in [9.17, 15) is 9.59 Å². The Morgan fingerprint density at radius 1 is 1.53 bits per heavy atom. The molecule has 90 valence electrons. The molecule has 2 aromatic rings. The molecule has 0 atom stereocenters. The van der Waals surface area contributed by atoms with Gasteiger partial charge in [0, 0.05) is 6.54 Å². The summed E-state index contributed by atoms with van der Waals surface area (Å²) in [7, 11) is 0. The molecule has 2 rings (SSSR count). The van der Waals surface area contributed by atoms with Crippen LogP contribution in [0.5, 0.6) is 0 Å². The third kappa shape index (κ3) is 1.91. The molecule has 0 unspecified atom stereocenters. The lowest BCUT2D eigenvalue weighted by atomic mass is 10.4. The van der Waals surface area contributed by atoms with Crippen molar-refractivity contribution in [2.45, 2.75) is 20.4 Å². The number of aromatic amines is 1. The minimum Gasteiger partial charge on any atom is -0.461 e. The fourth-order valence-corrected chi connectivity index (χ4v) is 1.50. The second-order valence-electron chi connectivity index (χ2n) is 3.33. The van der Waals surface area contributed by atoms with E-state index >= 15 is 0 Å². The lowest BCUT2D eigenvalue weighted by Gasteiger charge is -2.01. The number of hydrogen-bond acceptors (Lipinski definition) is 5. The van der Waals surface area contributed by atoms with E-state index < -0.39 is 11.5 Å². The van der Waals surface area contributed by atoms with E-state index in [-0.39, 0.29) is 12.3 Å². The maximum absolute atomic E-state index is 11.7.